The molecule has 0 heterocycles. The second-order valence-corrected chi connectivity index (χ2v) is 5.31. The van der Waals surface area contributed by atoms with Crippen molar-refractivity contribution in [2.45, 2.75) is 33.2 Å². The van der Waals surface area contributed by atoms with E-state index in [1.54, 1.807) is 13.1 Å². The van der Waals surface area contributed by atoms with E-state index in [1.165, 1.54) is 16.7 Å². The minimum atomic E-state index is 0.222. The number of aliphatic imine (C=N–C) groups is 2. The third kappa shape index (κ3) is 3.07. The molecule has 0 bridgehead atoms. The zero-order valence-corrected chi connectivity index (χ0v) is 12.4. The van der Waals surface area contributed by atoms with Gasteiger partial charge in [0.15, 0.2) is 0 Å². The normalized spacial score (nSPS) is 22.1. The lowest BCUT2D eigenvalue weighted by molar-refractivity contribution is 0.448. The summed E-state index contributed by atoms with van der Waals surface area (Å²) in [6, 6.07) is 6.85. The Morgan fingerprint density at radius 2 is 2.25 bits per heavy atom. The van der Waals surface area contributed by atoms with Gasteiger partial charge in [-0.1, -0.05) is 37.3 Å². The van der Waals surface area contributed by atoms with Crippen LogP contribution in [0.5, 0.6) is 0 Å². The summed E-state index contributed by atoms with van der Waals surface area (Å²) >= 11 is 0. The molecule has 1 aromatic rings. The van der Waals surface area contributed by atoms with Crippen LogP contribution in [-0.2, 0) is 6.42 Å². The summed E-state index contributed by atoms with van der Waals surface area (Å²) in [6.45, 7) is 10.1. The van der Waals surface area contributed by atoms with Gasteiger partial charge >= 0.3 is 0 Å². The fourth-order valence-electron chi connectivity index (χ4n) is 2.69. The Morgan fingerprint density at radius 1 is 1.50 bits per heavy atom. The monoisotopic (exact) mass is 270 g/mol. The van der Waals surface area contributed by atoms with Crippen LogP contribution in [0.2, 0.25) is 0 Å². The number of aryl methyl sites for hydroxylation is 1. The molecule has 0 amide bonds. The Balaban J connectivity index is 2.17. The molecule has 3 N–H and O–H groups in total. The smallest absolute Gasteiger partial charge is 0.221 e. The van der Waals surface area contributed by atoms with Gasteiger partial charge in [-0.15, -0.1) is 0 Å². The Kier molecular flexibility index (Phi) is 4.23. The summed E-state index contributed by atoms with van der Waals surface area (Å²) in [5.74, 6) is 1.29. The maximum absolute atomic E-state index is 5.66. The van der Waals surface area contributed by atoms with Gasteiger partial charge in [0.25, 0.3) is 0 Å². The van der Waals surface area contributed by atoms with Crippen molar-refractivity contribution in [3.8, 4) is 0 Å². The molecule has 4 nitrogen and oxygen atoms in total. The molecule has 0 saturated carbocycles. The molecule has 0 aliphatic heterocycles. The highest BCUT2D eigenvalue weighted by Gasteiger charge is 2.29. The minimum Gasteiger partial charge on any atom is -0.368 e. The van der Waals surface area contributed by atoms with Crippen LogP contribution in [0.15, 0.2) is 40.6 Å². The molecule has 0 radical (unpaired) electrons. The van der Waals surface area contributed by atoms with Gasteiger partial charge in [-0.05, 0) is 37.3 Å². The molecular weight excluding hydrogens is 248 g/mol. The Labute approximate surface area is 120 Å². The first-order valence-electron chi connectivity index (χ1n) is 6.89. The Bertz CT molecular complexity index is 572. The fraction of sp³-hybridized carbons (Fsp3) is 0.375. The van der Waals surface area contributed by atoms with E-state index < -0.39 is 0 Å². The van der Waals surface area contributed by atoms with Crippen molar-refractivity contribution in [3.63, 3.8) is 0 Å². The summed E-state index contributed by atoms with van der Waals surface area (Å²) in [5, 5.41) is 3.37. The summed E-state index contributed by atoms with van der Waals surface area (Å²) in [7, 11) is 0. The number of nitrogens with zero attached hydrogens (tertiary/aromatic N) is 2. The van der Waals surface area contributed by atoms with Crippen LogP contribution in [0.4, 0.5) is 0 Å². The second kappa shape index (κ2) is 5.90. The molecule has 2 rings (SSSR count). The highest BCUT2D eigenvalue weighted by molar-refractivity contribution is 5.86. The first-order valence-corrected chi connectivity index (χ1v) is 6.89. The predicted octanol–water partition coefficient (Wildman–Crippen LogP) is 2.69. The zero-order valence-electron chi connectivity index (χ0n) is 12.4. The number of fused-ring (bicyclic) bond motifs is 1. The summed E-state index contributed by atoms with van der Waals surface area (Å²) in [6.07, 6.45) is 2.69. The molecule has 4 heteroatoms. The molecular formula is C16H22N4. The molecule has 1 aliphatic rings. The average Bonchev–Trinajstić information content (AvgIpc) is 2.66. The number of hydrogen-bond donors (Lipinski definition) is 2. The van der Waals surface area contributed by atoms with Crippen molar-refractivity contribution in [3.05, 3.63) is 47.3 Å². The molecule has 20 heavy (non-hydrogen) atoms. The number of nitrogens with one attached hydrogen (secondary N) is 1. The van der Waals surface area contributed by atoms with E-state index in [2.05, 4.69) is 53.9 Å². The third-order valence-electron chi connectivity index (χ3n) is 3.58. The molecule has 2 unspecified atom stereocenters. The van der Waals surface area contributed by atoms with Crippen molar-refractivity contribution in [1.82, 2.24) is 5.32 Å². The van der Waals surface area contributed by atoms with Gasteiger partial charge < -0.3 is 11.1 Å². The van der Waals surface area contributed by atoms with Crippen LogP contribution in [0.3, 0.4) is 0 Å². The zero-order chi connectivity index (χ0) is 14.7. The van der Waals surface area contributed by atoms with Crippen molar-refractivity contribution in [1.29, 1.82) is 0 Å². The number of hydrogen-bond acceptors (Lipinski definition) is 2. The van der Waals surface area contributed by atoms with E-state index in [1.807, 2.05) is 0 Å². The summed E-state index contributed by atoms with van der Waals surface area (Å²) in [4.78, 5) is 8.07. The van der Waals surface area contributed by atoms with E-state index in [9.17, 15) is 0 Å². The highest BCUT2D eigenvalue weighted by atomic mass is 15.1. The Hall–Kier alpha value is -2.10. The van der Waals surface area contributed by atoms with E-state index >= 15 is 0 Å². The molecule has 0 fully saturated rings. The first-order chi connectivity index (χ1) is 9.51. The lowest BCUT2D eigenvalue weighted by Crippen LogP contribution is -2.23. The van der Waals surface area contributed by atoms with Crippen LogP contribution in [0.25, 0.3) is 0 Å². The van der Waals surface area contributed by atoms with Crippen molar-refractivity contribution >= 4 is 12.2 Å². The van der Waals surface area contributed by atoms with E-state index in [0.717, 1.165) is 6.42 Å². The van der Waals surface area contributed by atoms with Gasteiger partial charge in [-0.25, -0.2) is 4.99 Å². The summed E-state index contributed by atoms with van der Waals surface area (Å²) < 4.78 is 0. The fourth-order valence-corrected chi connectivity index (χ4v) is 2.69. The van der Waals surface area contributed by atoms with E-state index in [4.69, 9.17) is 5.73 Å². The molecule has 1 aliphatic carbocycles. The van der Waals surface area contributed by atoms with E-state index in [-0.39, 0.29) is 12.0 Å². The number of rotatable bonds is 3. The summed E-state index contributed by atoms with van der Waals surface area (Å²) in [5.41, 5.74) is 9.68. The number of benzene rings is 1. The maximum atomic E-state index is 5.66. The third-order valence-corrected chi connectivity index (χ3v) is 3.58. The van der Waals surface area contributed by atoms with Gasteiger partial charge in [0.2, 0.25) is 5.96 Å². The van der Waals surface area contributed by atoms with Crippen LogP contribution < -0.4 is 11.1 Å². The van der Waals surface area contributed by atoms with Crippen molar-refractivity contribution in [2.24, 2.45) is 21.6 Å². The van der Waals surface area contributed by atoms with Crippen molar-refractivity contribution < 1.29 is 0 Å². The maximum Gasteiger partial charge on any atom is 0.221 e. The lowest BCUT2D eigenvalue weighted by atomic mass is 10.0. The average molecular weight is 270 g/mol. The van der Waals surface area contributed by atoms with Gasteiger partial charge in [-0.3, -0.25) is 0 Å². The molecule has 0 aromatic heterocycles. The Morgan fingerprint density at radius 3 is 2.95 bits per heavy atom. The van der Waals surface area contributed by atoms with Gasteiger partial charge in [-0.2, -0.15) is 4.99 Å². The number of nitrogens with two attached hydrogens (primary N) is 1. The SMILES string of the molecule is C=C(/N=C(N)\N=C/C)NC1c2cc(C)ccc2CC1C. The molecule has 1 aromatic carbocycles. The van der Waals surface area contributed by atoms with E-state index in [0.29, 0.717) is 11.7 Å². The minimum absolute atomic E-state index is 0.222. The topological polar surface area (TPSA) is 62.8 Å². The van der Waals surface area contributed by atoms with Gasteiger partial charge in [0, 0.05) is 6.21 Å². The quantitative estimate of drug-likeness (QED) is 0.655. The highest BCUT2D eigenvalue weighted by Crippen LogP contribution is 2.36. The molecule has 106 valence electrons. The number of guanidine groups is 1. The largest absolute Gasteiger partial charge is 0.368 e. The van der Waals surface area contributed by atoms with Crippen molar-refractivity contribution in [2.75, 3.05) is 0 Å². The first kappa shape index (κ1) is 14.3. The standard InChI is InChI=1S/C16H22N4/c1-5-18-16(17)20-12(4)19-15-11(3)9-13-7-6-10(2)8-14(13)15/h5-8,11,15,19H,4,9H2,1-3H3,(H2,17,20)/b18-5-. The molecule has 2 atom stereocenters. The van der Waals surface area contributed by atoms with Crippen LogP contribution >= 0.6 is 0 Å². The molecule has 0 spiro atoms. The molecule has 0 saturated heterocycles. The van der Waals surface area contributed by atoms with Crippen LogP contribution in [0.1, 0.15) is 36.6 Å². The predicted molar refractivity (Wildman–Crippen MR) is 84.9 cm³/mol. The van der Waals surface area contributed by atoms with Gasteiger partial charge in [0.1, 0.15) is 5.82 Å². The van der Waals surface area contributed by atoms with Gasteiger partial charge in [0.05, 0.1) is 6.04 Å². The second-order valence-electron chi connectivity index (χ2n) is 5.31. The van der Waals surface area contributed by atoms with Crippen LogP contribution in [-0.4, -0.2) is 12.2 Å². The lowest BCUT2D eigenvalue weighted by Gasteiger charge is -2.20. The van der Waals surface area contributed by atoms with Crippen LogP contribution in [0, 0.1) is 12.8 Å².